The summed E-state index contributed by atoms with van der Waals surface area (Å²) in [5, 5.41) is 1.21. The second-order valence-corrected chi connectivity index (χ2v) is 9.57. The molecule has 0 radical (unpaired) electrons. The zero-order valence-electron chi connectivity index (χ0n) is 17.9. The Hall–Kier alpha value is -2.77. The van der Waals surface area contributed by atoms with Gasteiger partial charge in [0, 0.05) is 50.2 Å². The van der Waals surface area contributed by atoms with Gasteiger partial charge in [-0.3, -0.25) is 19.4 Å². The highest BCUT2D eigenvalue weighted by atomic mass is 32.1. The molecule has 0 atom stereocenters. The Bertz CT molecular complexity index is 1150. The first-order chi connectivity index (χ1) is 15.0. The average molecular weight is 435 g/mol. The molecule has 2 amide bonds. The van der Waals surface area contributed by atoms with Gasteiger partial charge in [0.15, 0.2) is 0 Å². The molecule has 6 nitrogen and oxygen atoms in total. The number of carbonyl (C=O) groups excluding carboxylic acids is 2. The van der Waals surface area contributed by atoms with E-state index in [0.29, 0.717) is 18.7 Å². The van der Waals surface area contributed by atoms with Gasteiger partial charge in [0.1, 0.15) is 5.82 Å². The first-order valence-corrected chi connectivity index (χ1v) is 11.5. The lowest BCUT2D eigenvalue weighted by Gasteiger charge is -2.39. The molecule has 2 aromatic carbocycles. The van der Waals surface area contributed by atoms with Crippen molar-refractivity contribution in [3.05, 3.63) is 59.7 Å². The number of hydrogen-bond donors (Lipinski definition) is 0. The number of benzene rings is 2. The maximum atomic E-state index is 13.1. The molecule has 1 fully saturated rings. The molecule has 2 aliphatic rings. The summed E-state index contributed by atoms with van der Waals surface area (Å²) in [6.45, 7) is 8.50. The van der Waals surface area contributed by atoms with Crippen molar-refractivity contribution >= 4 is 39.3 Å². The van der Waals surface area contributed by atoms with Gasteiger partial charge < -0.3 is 4.90 Å². The Balaban J connectivity index is 1.24. The average Bonchev–Trinajstić information content (AvgIpc) is 3.23. The molecule has 1 aromatic heterocycles. The highest BCUT2D eigenvalue weighted by Crippen LogP contribution is 2.34. The van der Waals surface area contributed by atoms with Gasteiger partial charge in [-0.05, 0) is 49.1 Å². The lowest BCUT2D eigenvalue weighted by atomic mass is 9.77. The number of piperazine rings is 1. The summed E-state index contributed by atoms with van der Waals surface area (Å²) in [6.07, 6.45) is 0. The van der Waals surface area contributed by atoms with Gasteiger partial charge in [-0.25, -0.2) is 0 Å². The summed E-state index contributed by atoms with van der Waals surface area (Å²) >= 11 is 1.55. The Morgan fingerprint density at radius 1 is 0.935 bits per heavy atom. The van der Waals surface area contributed by atoms with Gasteiger partial charge in [-0.15, -0.1) is 0 Å². The number of rotatable bonds is 4. The third-order valence-electron chi connectivity index (χ3n) is 6.53. The first-order valence-electron chi connectivity index (χ1n) is 10.7. The van der Waals surface area contributed by atoms with Crippen LogP contribution in [0, 0.1) is 0 Å². The van der Waals surface area contributed by atoms with Crippen LogP contribution < -0.4 is 4.90 Å². The number of hydrogen-bond acceptors (Lipinski definition) is 6. The van der Waals surface area contributed by atoms with E-state index < -0.39 is 5.41 Å². The fourth-order valence-corrected chi connectivity index (χ4v) is 5.43. The molecule has 1 saturated heterocycles. The maximum Gasteiger partial charge on any atom is 0.260 e. The Morgan fingerprint density at radius 3 is 2.45 bits per heavy atom. The topological polar surface area (TPSA) is 56.8 Å². The summed E-state index contributed by atoms with van der Waals surface area (Å²) in [5.74, 6) is 0.788. The Morgan fingerprint density at radius 2 is 1.65 bits per heavy atom. The highest BCUT2D eigenvalue weighted by molar-refractivity contribution is 7.13. The molecule has 0 bridgehead atoms. The van der Waals surface area contributed by atoms with Crippen LogP contribution in [0.2, 0.25) is 0 Å². The molecule has 160 valence electrons. The van der Waals surface area contributed by atoms with Crippen molar-refractivity contribution in [1.82, 2.24) is 14.2 Å². The number of nitrogens with zero attached hydrogens (tertiary/aromatic N) is 4. The smallest absolute Gasteiger partial charge is 0.260 e. The van der Waals surface area contributed by atoms with E-state index in [4.69, 9.17) is 0 Å². The van der Waals surface area contributed by atoms with Crippen molar-refractivity contribution in [2.24, 2.45) is 0 Å². The number of carbonyl (C=O) groups is 2. The van der Waals surface area contributed by atoms with Crippen LogP contribution in [-0.2, 0) is 10.2 Å². The quantitative estimate of drug-likeness (QED) is 0.590. The fraction of sp³-hybridized carbons (Fsp3) is 0.375. The second-order valence-electron chi connectivity index (χ2n) is 8.76. The van der Waals surface area contributed by atoms with E-state index >= 15 is 0 Å². The van der Waals surface area contributed by atoms with Crippen LogP contribution in [0.5, 0.6) is 0 Å². The van der Waals surface area contributed by atoms with E-state index in [1.165, 1.54) is 15.0 Å². The SMILES string of the molecule is CC1(C)C(=O)N(CCN2CCN(c3nsc4ccccc34)CC2)C(=O)c2ccccc21. The number of amides is 2. The van der Waals surface area contributed by atoms with Crippen LogP contribution >= 0.6 is 11.5 Å². The summed E-state index contributed by atoms with van der Waals surface area (Å²) in [5.41, 5.74) is 0.784. The number of fused-ring (bicyclic) bond motifs is 2. The monoisotopic (exact) mass is 434 g/mol. The lowest BCUT2D eigenvalue weighted by Crippen LogP contribution is -2.55. The Kier molecular flexibility index (Phi) is 5.02. The zero-order valence-corrected chi connectivity index (χ0v) is 18.7. The standard InChI is InChI=1S/C24H26N4O2S/c1-24(2)19-9-5-3-7-17(19)22(29)28(23(24)30)16-13-26-11-14-27(15-12-26)21-18-8-4-6-10-20(18)31-25-21/h3-10H,11-16H2,1-2H3. The van der Waals surface area contributed by atoms with E-state index in [9.17, 15) is 9.59 Å². The van der Waals surface area contributed by atoms with E-state index in [0.717, 1.165) is 37.6 Å². The zero-order chi connectivity index (χ0) is 21.6. The third kappa shape index (κ3) is 3.42. The molecule has 31 heavy (non-hydrogen) atoms. The number of anilines is 1. The third-order valence-corrected chi connectivity index (χ3v) is 7.34. The largest absolute Gasteiger partial charge is 0.353 e. The van der Waals surface area contributed by atoms with E-state index in [2.05, 4.69) is 32.4 Å². The number of aromatic nitrogens is 1. The highest BCUT2D eigenvalue weighted by Gasteiger charge is 2.44. The minimum Gasteiger partial charge on any atom is -0.353 e. The Labute approximate surface area is 186 Å². The molecular formula is C24H26N4O2S. The van der Waals surface area contributed by atoms with Crippen LogP contribution in [0.1, 0.15) is 29.8 Å². The molecule has 3 aromatic rings. The van der Waals surface area contributed by atoms with Crippen LogP contribution in [0.25, 0.3) is 10.1 Å². The summed E-state index contributed by atoms with van der Waals surface area (Å²) in [7, 11) is 0. The summed E-state index contributed by atoms with van der Waals surface area (Å²) in [6, 6.07) is 15.8. The number of imide groups is 1. The van der Waals surface area contributed by atoms with Crippen molar-refractivity contribution < 1.29 is 9.59 Å². The van der Waals surface area contributed by atoms with Crippen LogP contribution in [0.4, 0.5) is 5.82 Å². The molecule has 0 saturated carbocycles. The fourth-order valence-electron chi connectivity index (χ4n) is 4.63. The van der Waals surface area contributed by atoms with Crippen molar-refractivity contribution in [1.29, 1.82) is 0 Å². The van der Waals surface area contributed by atoms with Crippen molar-refractivity contribution in [3.8, 4) is 0 Å². The molecule has 2 aliphatic heterocycles. The predicted molar refractivity (Wildman–Crippen MR) is 124 cm³/mol. The normalized spacial score (nSPS) is 19.2. The van der Waals surface area contributed by atoms with E-state index in [1.54, 1.807) is 11.5 Å². The lowest BCUT2D eigenvalue weighted by molar-refractivity contribution is -0.134. The van der Waals surface area contributed by atoms with Gasteiger partial charge in [-0.1, -0.05) is 30.3 Å². The van der Waals surface area contributed by atoms with Gasteiger partial charge in [0.25, 0.3) is 5.91 Å². The minimum atomic E-state index is -0.686. The molecule has 3 heterocycles. The predicted octanol–water partition coefficient (Wildman–Crippen LogP) is 3.38. The van der Waals surface area contributed by atoms with Crippen molar-refractivity contribution in [2.75, 3.05) is 44.2 Å². The maximum absolute atomic E-state index is 13.1. The molecule has 0 spiro atoms. The van der Waals surface area contributed by atoms with Gasteiger partial charge in [-0.2, -0.15) is 4.37 Å². The molecular weight excluding hydrogens is 408 g/mol. The van der Waals surface area contributed by atoms with Crippen LogP contribution in [0.3, 0.4) is 0 Å². The summed E-state index contributed by atoms with van der Waals surface area (Å²) < 4.78 is 5.89. The van der Waals surface area contributed by atoms with E-state index in [-0.39, 0.29) is 11.8 Å². The van der Waals surface area contributed by atoms with E-state index in [1.807, 2.05) is 44.2 Å². The molecule has 7 heteroatoms. The van der Waals surface area contributed by atoms with Gasteiger partial charge in [0.2, 0.25) is 5.91 Å². The minimum absolute atomic E-state index is 0.108. The molecule has 0 unspecified atom stereocenters. The molecule has 5 rings (SSSR count). The molecule has 0 aliphatic carbocycles. The first kappa shape index (κ1) is 20.2. The van der Waals surface area contributed by atoms with Crippen LogP contribution in [-0.4, -0.2) is 65.3 Å². The molecule has 0 N–H and O–H groups in total. The van der Waals surface area contributed by atoms with Gasteiger partial charge in [0.05, 0.1) is 10.1 Å². The summed E-state index contributed by atoms with van der Waals surface area (Å²) in [4.78, 5) is 32.2. The second kappa shape index (κ2) is 7.73. The van der Waals surface area contributed by atoms with Crippen molar-refractivity contribution in [2.45, 2.75) is 19.3 Å². The van der Waals surface area contributed by atoms with Crippen molar-refractivity contribution in [3.63, 3.8) is 0 Å². The van der Waals surface area contributed by atoms with Crippen LogP contribution in [0.15, 0.2) is 48.5 Å². The van der Waals surface area contributed by atoms with Gasteiger partial charge >= 0.3 is 0 Å².